The van der Waals surface area contributed by atoms with Gasteiger partial charge in [0.15, 0.2) is 0 Å². The van der Waals surface area contributed by atoms with E-state index in [0.717, 1.165) is 0 Å². The Morgan fingerprint density at radius 1 is 1.00 bits per heavy atom. The van der Waals surface area contributed by atoms with Crippen molar-refractivity contribution < 1.29 is 24.2 Å². The predicted octanol–water partition coefficient (Wildman–Crippen LogP) is 1.64. The van der Waals surface area contributed by atoms with Crippen molar-refractivity contribution in [2.45, 2.75) is 12.1 Å². The van der Waals surface area contributed by atoms with Crippen LogP contribution in [0.25, 0.3) is 0 Å². The summed E-state index contributed by atoms with van der Waals surface area (Å²) >= 11 is 0. The molecule has 2 N–H and O–H groups in total. The second kappa shape index (κ2) is 7.96. The molecule has 0 bridgehead atoms. The van der Waals surface area contributed by atoms with Crippen LogP contribution in [0, 0.1) is 5.92 Å². The summed E-state index contributed by atoms with van der Waals surface area (Å²) < 4.78 is 9.67. The average Bonchev–Trinajstić information content (AvgIpc) is 2.73. The molecule has 0 aromatic carbocycles. The van der Waals surface area contributed by atoms with Gasteiger partial charge in [-0.2, -0.15) is 0 Å². The normalized spacial score (nSPS) is 22.2. The van der Waals surface area contributed by atoms with E-state index in [1.54, 1.807) is 48.8 Å². The number of hydrogen-bond acceptors (Lipinski definition) is 8. The number of esters is 2. The van der Waals surface area contributed by atoms with Gasteiger partial charge in [0.2, 0.25) is 0 Å². The molecule has 0 saturated carbocycles. The molecule has 0 saturated heterocycles. The lowest BCUT2D eigenvalue weighted by molar-refractivity contribution is -0.147. The fourth-order valence-electron chi connectivity index (χ4n) is 3.14. The minimum atomic E-state index is -1.15. The fraction of sp³-hybridized carbons (Fsp3) is 0.263. The molecule has 2 aromatic rings. The van der Waals surface area contributed by atoms with Gasteiger partial charge in [-0.3, -0.25) is 20.1 Å². The summed E-state index contributed by atoms with van der Waals surface area (Å²) in [6, 6.07) is 8.93. The van der Waals surface area contributed by atoms with E-state index < -0.39 is 35.7 Å². The van der Waals surface area contributed by atoms with Crippen molar-refractivity contribution in [3.8, 4) is 0 Å². The summed E-state index contributed by atoms with van der Waals surface area (Å²) in [7, 11) is 2.42. The molecule has 1 aliphatic heterocycles. The zero-order chi connectivity index (χ0) is 19.4. The highest BCUT2D eigenvalue weighted by Gasteiger charge is 2.46. The number of ether oxygens (including phenoxy) is 2. The number of carbonyl (C=O) groups excluding carboxylic acids is 2. The minimum Gasteiger partial charge on any atom is -0.511 e. The van der Waals surface area contributed by atoms with Crippen molar-refractivity contribution in [3.05, 3.63) is 71.5 Å². The molecule has 3 atom stereocenters. The van der Waals surface area contributed by atoms with Crippen LogP contribution in [-0.4, -0.2) is 41.2 Å². The number of carbonyl (C=O) groups is 2. The van der Waals surface area contributed by atoms with Gasteiger partial charge in [0.1, 0.15) is 11.7 Å². The lowest BCUT2D eigenvalue weighted by atomic mass is 9.83. The number of pyridine rings is 2. The highest BCUT2D eigenvalue weighted by molar-refractivity contribution is 5.92. The number of aliphatic hydroxyl groups is 1. The number of nitrogens with one attached hydrogen (secondary N) is 1. The lowest BCUT2D eigenvalue weighted by Gasteiger charge is -2.36. The van der Waals surface area contributed by atoms with E-state index in [-0.39, 0.29) is 5.57 Å². The number of methoxy groups -OCH3 is 2. The number of aliphatic hydroxyl groups excluding tert-OH is 1. The molecule has 27 heavy (non-hydrogen) atoms. The van der Waals surface area contributed by atoms with Gasteiger partial charge in [0, 0.05) is 12.4 Å². The second-order valence-corrected chi connectivity index (χ2v) is 5.88. The number of aromatic nitrogens is 2. The van der Waals surface area contributed by atoms with Crippen LogP contribution in [-0.2, 0) is 19.1 Å². The third-order valence-corrected chi connectivity index (χ3v) is 4.39. The van der Waals surface area contributed by atoms with Crippen LogP contribution in [0.3, 0.4) is 0 Å². The average molecular weight is 369 g/mol. The van der Waals surface area contributed by atoms with Crippen molar-refractivity contribution in [2.75, 3.05) is 14.2 Å². The second-order valence-electron chi connectivity index (χ2n) is 5.88. The van der Waals surface area contributed by atoms with Crippen LogP contribution in [0.5, 0.6) is 0 Å². The molecule has 3 heterocycles. The fourth-order valence-corrected chi connectivity index (χ4v) is 3.14. The molecule has 0 radical (unpaired) electrons. The topological polar surface area (TPSA) is 111 Å². The van der Waals surface area contributed by atoms with Gasteiger partial charge in [-0.25, -0.2) is 4.79 Å². The van der Waals surface area contributed by atoms with E-state index in [0.29, 0.717) is 11.4 Å². The zero-order valence-electron chi connectivity index (χ0n) is 14.8. The van der Waals surface area contributed by atoms with E-state index in [2.05, 4.69) is 15.3 Å². The molecule has 8 heteroatoms. The Hall–Kier alpha value is -3.26. The van der Waals surface area contributed by atoms with Gasteiger partial charge >= 0.3 is 11.9 Å². The minimum absolute atomic E-state index is 0.0845. The van der Waals surface area contributed by atoms with Gasteiger partial charge in [-0.05, 0) is 24.3 Å². The van der Waals surface area contributed by atoms with E-state index >= 15 is 0 Å². The number of hydrogen-bond donors (Lipinski definition) is 2. The third kappa shape index (κ3) is 3.52. The summed E-state index contributed by atoms with van der Waals surface area (Å²) in [4.78, 5) is 33.3. The summed E-state index contributed by atoms with van der Waals surface area (Å²) in [5, 5.41) is 14.1. The monoisotopic (exact) mass is 369 g/mol. The first-order chi connectivity index (χ1) is 13.1. The number of rotatable bonds is 4. The van der Waals surface area contributed by atoms with E-state index in [1.807, 2.05) is 0 Å². The third-order valence-electron chi connectivity index (χ3n) is 4.39. The van der Waals surface area contributed by atoms with Gasteiger partial charge < -0.3 is 14.6 Å². The molecule has 0 spiro atoms. The SMILES string of the molecule is COC(=O)C1=C(O)C(C(=O)OC)C(c2ccccn2)NC1c1ccccn1. The summed E-state index contributed by atoms with van der Waals surface area (Å²) in [6.45, 7) is 0. The van der Waals surface area contributed by atoms with Crippen LogP contribution in [0.4, 0.5) is 0 Å². The Balaban J connectivity index is 2.18. The highest BCUT2D eigenvalue weighted by Crippen LogP contribution is 2.40. The van der Waals surface area contributed by atoms with E-state index in [1.165, 1.54) is 14.2 Å². The Kier molecular flexibility index (Phi) is 5.46. The molecule has 2 aromatic heterocycles. The molecule has 0 aliphatic carbocycles. The first-order valence-corrected chi connectivity index (χ1v) is 8.25. The Morgan fingerprint density at radius 2 is 1.63 bits per heavy atom. The van der Waals surface area contributed by atoms with Gasteiger partial charge in [0.25, 0.3) is 0 Å². The molecule has 8 nitrogen and oxygen atoms in total. The van der Waals surface area contributed by atoms with Crippen molar-refractivity contribution >= 4 is 11.9 Å². The van der Waals surface area contributed by atoms with Crippen molar-refractivity contribution in [1.82, 2.24) is 15.3 Å². The van der Waals surface area contributed by atoms with Gasteiger partial charge in [0.05, 0.1) is 43.3 Å². The summed E-state index contributed by atoms with van der Waals surface area (Å²) in [5.41, 5.74) is 0.928. The van der Waals surface area contributed by atoms with E-state index in [9.17, 15) is 14.7 Å². The molecular weight excluding hydrogens is 350 g/mol. The Labute approximate surface area is 155 Å². The maximum Gasteiger partial charge on any atom is 0.339 e. The van der Waals surface area contributed by atoms with Crippen LogP contribution in [0.15, 0.2) is 60.1 Å². The molecule has 0 fully saturated rings. The van der Waals surface area contributed by atoms with Gasteiger partial charge in [-0.15, -0.1) is 0 Å². The first kappa shape index (κ1) is 18.5. The molecule has 0 amide bonds. The lowest BCUT2D eigenvalue weighted by Crippen LogP contribution is -2.45. The van der Waals surface area contributed by atoms with Crippen molar-refractivity contribution in [3.63, 3.8) is 0 Å². The van der Waals surface area contributed by atoms with Crippen LogP contribution in [0.2, 0.25) is 0 Å². The van der Waals surface area contributed by atoms with Gasteiger partial charge in [-0.1, -0.05) is 12.1 Å². The van der Waals surface area contributed by atoms with Crippen molar-refractivity contribution in [1.29, 1.82) is 0 Å². The molecule has 3 rings (SSSR count). The standard InChI is InChI=1S/C19H19N3O5/c1-26-18(24)13-15(11-7-3-5-9-20-11)22-16(12-8-4-6-10-21-12)14(17(13)23)19(25)27-2/h3-10,13,15-16,22-23H,1-2H3. The maximum absolute atomic E-state index is 12.4. The molecular formula is C19H19N3O5. The zero-order valence-corrected chi connectivity index (χ0v) is 14.8. The predicted molar refractivity (Wildman–Crippen MR) is 94.3 cm³/mol. The Bertz CT molecular complexity index is 854. The molecule has 140 valence electrons. The maximum atomic E-state index is 12.4. The Morgan fingerprint density at radius 3 is 2.15 bits per heavy atom. The quantitative estimate of drug-likeness (QED) is 0.783. The highest BCUT2D eigenvalue weighted by atomic mass is 16.5. The van der Waals surface area contributed by atoms with E-state index in [4.69, 9.17) is 9.47 Å². The summed E-state index contributed by atoms with van der Waals surface area (Å²) in [6.07, 6.45) is 3.16. The van der Waals surface area contributed by atoms with Crippen molar-refractivity contribution in [2.24, 2.45) is 5.92 Å². The van der Waals surface area contributed by atoms with Crippen LogP contribution >= 0.6 is 0 Å². The molecule has 1 aliphatic rings. The largest absolute Gasteiger partial charge is 0.511 e. The number of nitrogens with zero attached hydrogens (tertiary/aromatic N) is 2. The molecule has 3 unspecified atom stereocenters. The van der Waals surface area contributed by atoms with Crippen LogP contribution < -0.4 is 5.32 Å². The van der Waals surface area contributed by atoms with Crippen LogP contribution in [0.1, 0.15) is 23.5 Å². The smallest absolute Gasteiger partial charge is 0.339 e. The summed E-state index contributed by atoms with van der Waals surface area (Å²) in [5.74, 6) is -3.03. The first-order valence-electron chi connectivity index (χ1n) is 8.25.